The molecule has 0 amide bonds. The molecule has 3 fully saturated rings. The van der Waals surface area contributed by atoms with Gasteiger partial charge in [0.05, 0.1) is 6.61 Å². The van der Waals surface area contributed by atoms with Gasteiger partial charge in [-0.1, -0.05) is 30.7 Å². The topological polar surface area (TPSA) is 32.8 Å². The molecule has 0 aromatic heterocycles. The molecular weight excluding hydrogens is 336 g/mol. The fraction of sp³-hybridized carbons (Fsp3) is 0.696. The summed E-state index contributed by atoms with van der Waals surface area (Å²) in [7, 11) is 0. The van der Waals surface area contributed by atoms with E-state index in [0.29, 0.717) is 0 Å². The monoisotopic (exact) mass is 370 g/mol. The molecule has 27 heavy (non-hydrogen) atoms. The number of piperidine rings is 2. The van der Waals surface area contributed by atoms with Crippen LogP contribution in [0.2, 0.25) is 0 Å². The SMILES string of the molecule is CC(=O)c1ccc(CN2C[C@@H]3[C@H](COCCCN4CCCCC4)[C@@H]3C2)cc1. The van der Waals surface area contributed by atoms with Gasteiger partial charge in [-0.25, -0.2) is 0 Å². The van der Waals surface area contributed by atoms with Crippen LogP contribution in [0.3, 0.4) is 0 Å². The predicted molar refractivity (Wildman–Crippen MR) is 108 cm³/mol. The molecule has 4 nitrogen and oxygen atoms in total. The van der Waals surface area contributed by atoms with Gasteiger partial charge in [0, 0.05) is 38.3 Å². The van der Waals surface area contributed by atoms with Crippen molar-refractivity contribution < 1.29 is 9.53 Å². The fourth-order valence-corrected chi connectivity index (χ4v) is 5.01. The molecular formula is C23H34N2O2. The Labute approximate surface area is 163 Å². The highest BCUT2D eigenvalue weighted by atomic mass is 16.5. The van der Waals surface area contributed by atoms with Gasteiger partial charge in [0.2, 0.25) is 0 Å². The number of ether oxygens (including phenoxy) is 1. The number of fused-ring (bicyclic) bond motifs is 1. The summed E-state index contributed by atoms with van der Waals surface area (Å²) in [5.74, 6) is 2.64. The van der Waals surface area contributed by atoms with Gasteiger partial charge < -0.3 is 9.64 Å². The lowest BCUT2D eigenvalue weighted by atomic mass is 10.1. The van der Waals surface area contributed by atoms with E-state index >= 15 is 0 Å². The molecule has 2 saturated heterocycles. The number of nitrogens with zero attached hydrogens (tertiary/aromatic N) is 2. The first-order chi connectivity index (χ1) is 13.2. The Balaban J connectivity index is 1.09. The molecule has 0 spiro atoms. The largest absolute Gasteiger partial charge is 0.381 e. The Morgan fingerprint density at radius 2 is 1.74 bits per heavy atom. The van der Waals surface area contributed by atoms with Crippen LogP contribution in [0.4, 0.5) is 0 Å². The van der Waals surface area contributed by atoms with E-state index in [4.69, 9.17) is 4.74 Å². The Morgan fingerprint density at radius 3 is 2.41 bits per heavy atom. The number of hydrogen-bond acceptors (Lipinski definition) is 4. The summed E-state index contributed by atoms with van der Waals surface area (Å²) in [6.07, 6.45) is 5.36. The lowest BCUT2D eigenvalue weighted by Crippen LogP contribution is -2.31. The summed E-state index contributed by atoms with van der Waals surface area (Å²) in [6.45, 7) is 10.7. The highest BCUT2D eigenvalue weighted by Gasteiger charge is 2.55. The molecule has 1 aromatic carbocycles. The number of Topliss-reactive ketones (excluding diaryl/α,β-unsaturated/α-hetero) is 1. The predicted octanol–water partition coefficient (Wildman–Crippen LogP) is 3.46. The molecule has 148 valence electrons. The number of likely N-dealkylation sites (tertiary alicyclic amines) is 2. The molecule has 4 rings (SSSR count). The van der Waals surface area contributed by atoms with E-state index < -0.39 is 0 Å². The normalized spacial score (nSPS) is 28.3. The molecule has 3 atom stereocenters. The number of ketones is 1. The molecule has 1 saturated carbocycles. The summed E-state index contributed by atoms with van der Waals surface area (Å²) in [5.41, 5.74) is 2.12. The second kappa shape index (κ2) is 8.85. The molecule has 2 heterocycles. The van der Waals surface area contributed by atoms with Gasteiger partial charge in [0.15, 0.2) is 5.78 Å². The number of carbonyl (C=O) groups excluding carboxylic acids is 1. The van der Waals surface area contributed by atoms with Gasteiger partial charge in [0.25, 0.3) is 0 Å². The van der Waals surface area contributed by atoms with Crippen LogP contribution in [0.1, 0.15) is 48.5 Å². The number of benzene rings is 1. The van der Waals surface area contributed by atoms with Crippen LogP contribution in [0.15, 0.2) is 24.3 Å². The van der Waals surface area contributed by atoms with Crippen LogP contribution in [0.25, 0.3) is 0 Å². The summed E-state index contributed by atoms with van der Waals surface area (Å²) < 4.78 is 6.00. The third-order valence-corrected chi connectivity index (χ3v) is 6.74. The molecule has 2 aliphatic heterocycles. The zero-order chi connectivity index (χ0) is 18.6. The van der Waals surface area contributed by atoms with Crippen molar-refractivity contribution in [3.05, 3.63) is 35.4 Å². The van der Waals surface area contributed by atoms with Crippen molar-refractivity contribution in [2.45, 2.75) is 39.2 Å². The van der Waals surface area contributed by atoms with E-state index in [1.807, 2.05) is 12.1 Å². The molecule has 4 heteroatoms. The molecule has 0 unspecified atom stereocenters. The second-order valence-corrected chi connectivity index (χ2v) is 8.77. The third-order valence-electron chi connectivity index (χ3n) is 6.74. The third kappa shape index (κ3) is 4.98. The van der Waals surface area contributed by atoms with Crippen LogP contribution in [-0.4, -0.2) is 61.5 Å². The average molecular weight is 371 g/mol. The van der Waals surface area contributed by atoms with Crippen LogP contribution in [-0.2, 0) is 11.3 Å². The van der Waals surface area contributed by atoms with Gasteiger partial charge in [-0.3, -0.25) is 9.69 Å². The van der Waals surface area contributed by atoms with Crippen molar-refractivity contribution in [2.24, 2.45) is 17.8 Å². The van der Waals surface area contributed by atoms with Crippen LogP contribution < -0.4 is 0 Å². The smallest absolute Gasteiger partial charge is 0.159 e. The van der Waals surface area contributed by atoms with E-state index in [1.54, 1.807) is 6.92 Å². The summed E-state index contributed by atoms with van der Waals surface area (Å²) >= 11 is 0. The maximum absolute atomic E-state index is 11.4. The van der Waals surface area contributed by atoms with Gasteiger partial charge in [0.1, 0.15) is 0 Å². The average Bonchev–Trinajstić information content (AvgIpc) is 3.13. The Morgan fingerprint density at radius 1 is 1.04 bits per heavy atom. The van der Waals surface area contributed by atoms with E-state index in [0.717, 1.165) is 43.1 Å². The highest BCUT2D eigenvalue weighted by molar-refractivity contribution is 5.93. The zero-order valence-corrected chi connectivity index (χ0v) is 16.7. The maximum atomic E-state index is 11.4. The minimum atomic E-state index is 0.141. The van der Waals surface area contributed by atoms with Crippen LogP contribution >= 0.6 is 0 Å². The van der Waals surface area contributed by atoms with Crippen molar-refractivity contribution in [3.8, 4) is 0 Å². The summed E-state index contributed by atoms with van der Waals surface area (Å²) in [6, 6.07) is 8.11. The lowest BCUT2D eigenvalue weighted by Gasteiger charge is -2.26. The Bertz CT molecular complexity index is 612. The van der Waals surface area contributed by atoms with E-state index in [2.05, 4.69) is 21.9 Å². The second-order valence-electron chi connectivity index (χ2n) is 8.77. The van der Waals surface area contributed by atoms with Gasteiger partial charge in [-0.05, 0) is 62.6 Å². The van der Waals surface area contributed by atoms with E-state index in [9.17, 15) is 4.79 Å². The van der Waals surface area contributed by atoms with Crippen molar-refractivity contribution in [3.63, 3.8) is 0 Å². The van der Waals surface area contributed by atoms with E-state index in [-0.39, 0.29) is 5.78 Å². The number of carbonyl (C=O) groups is 1. The minimum absolute atomic E-state index is 0.141. The minimum Gasteiger partial charge on any atom is -0.381 e. The van der Waals surface area contributed by atoms with Crippen molar-refractivity contribution in [1.29, 1.82) is 0 Å². The maximum Gasteiger partial charge on any atom is 0.159 e. The molecule has 0 bridgehead atoms. The standard InChI is InChI=1S/C23H34N2O2/c1-18(26)20-8-6-19(7-9-20)14-25-15-21-22(16-25)23(21)17-27-13-5-12-24-10-3-2-4-11-24/h6-9,21-23H,2-5,10-17H2,1H3/t21-,22+,23-. The van der Waals surface area contributed by atoms with Crippen molar-refractivity contribution in [2.75, 3.05) is 45.9 Å². The Hall–Kier alpha value is -1.23. The van der Waals surface area contributed by atoms with Gasteiger partial charge in [-0.15, -0.1) is 0 Å². The summed E-state index contributed by atoms with van der Waals surface area (Å²) in [4.78, 5) is 16.5. The van der Waals surface area contributed by atoms with Crippen molar-refractivity contribution >= 4 is 5.78 Å². The first-order valence-corrected chi connectivity index (χ1v) is 10.8. The van der Waals surface area contributed by atoms with Gasteiger partial charge >= 0.3 is 0 Å². The first-order valence-electron chi connectivity index (χ1n) is 10.8. The Kier molecular flexibility index (Phi) is 6.26. The molecule has 1 aromatic rings. The molecule has 0 radical (unpaired) electrons. The van der Waals surface area contributed by atoms with Gasteiger partial charge in [-0.2, -0.15) is 0 Å². The fourth-order valence-electron chi connectivity index (χ4n) is 5.01. The molecule has 1 aliphatic carbocycles. The van der Waals surface area contributed by atoms with Crippen molar-refractivity contribution in [1.82, 2.24) is 9.80 Å². The number of hydrogen-bond donors (Lipinski definition) is 0. The number of rotatable bonds is 9. The van der Waals surface area contributed by atoms with E-state index in [1.165, 1.54) is 64.0 Å². The van der Waals surface area contributed by atoms with Crippen LogP contribution in [0, 0.1) is 17.8 Å². The zero-order valence-electron chi connectivity index (χ0n) is 16.7. The first kappa shape index (κ1) is 19.1. The lowest BCUT2D eigenvalue weighted by molar-refractivity contribution is 0.0967. The molecule has 3 aliphatic rings. The van der Waals surface area contributed by atoms with Crippen LogP contribution in [0.5, 0.6) is 0 Å². The molecule has 0 N–H and O–H groups in total. The highest BCUT2D eigenvalue weighted by Crippen LogP contribution is 2.51. The summed E-state index contributed by atoms with van der Waals surface area (Å²) in [5, 5.41) is 0. The quantitative estimate of drug-likeness (QED) is 0.492.